The molecule has 0 aliphatic rings. The first kappa shape index (κ1) is 22.0. The standard InChI is InChI=1S/C19H26ClNO5/c1-13(2)16(21-15(22)10-14-8-6-5-7-9-14)17(23)25-11-19(3,4)18(24)26-12-20/h5-9,13,16H,10-12H2,1-4H3,(H,21,22)/t16-/m0/s1. The Morgan fingerprint density at radius 3 is 2.27 bits per heavy atom. The summed E-state index contributed by atoms with van der Waals surface area (Å²) < 4.78 is 9.99. The van der Waals surface area contributed by atoms with Gasteiger partial charge in [-0.2, -0.15) is 0 Å². The van der Waals surface area contributed by atoms with Gasteiger partial charge < -0.3 is 14.8 Å². The van der Waals surface area contributed by atoms with Crippen LogP contribution in [0.5, 0.6) is 0 Å². The van der Waals surface area contributed by atoms with E-state index in [0.29, 0.717) is 0 Å². The van der Waals surface area contributed by atoms with Gasteiger partial charge in [0.1, 0.15) is 12.6 Å². The molecule has 0 unspecified atom stereocenters. The maximum atomic E-state index is 12.4. The van der Waals surface area contributed by atoms with Crippen LogP contribution >= 0.6 is 11.6 Å². The van der Waals surface area contributed by atoms with Gasteiger partial charge >= 0.3 is 11.9 Å². The van der Waals surface area contributed by atoms with Crippen molar-refractivity contribution in [1.29, 1.82) is 0 Å². The maximum absolute atomic E-state index is 12.4. The summed E-state index contributed by atoms with van der Waals surface area (Å²) in [6.07, 6.45) is 0.172. The third-order valence-corrected chi connectivity index (χ3v) is 3.87. The summed E-state index contributed by atoms with van der Waals surface area (Å²) in [7, 11) is 0. The fourth-order valence-corrected chi connectivity index (χ4v) is 2.25. The summed E-state index contributed by atoms with van der Waals surface area (Å²) >= 11 is 5.38. The molecule has 0 radical (unpaired) electrons. The molecular weight excluding hydrogens is 358 g/mol. The minimum absolute atomic E-state index is 0.167. The lowest BCUT2D eigenvalue weighted by atomic mass is 9.95. The van der Waals surface area contributed by atoms with Gasteiger partial charge in [0.25, 0.3) is 0 Å². The van der Waals surface area contributed by atoms with Gasteiger partial charge in [0, 0.05) is 0 Å². The Labute approximate surface area is 159 Å². The number of ether oxygens (including phenoxy) is 2. The zero-order valence-corrected chi connectivity index (χ0v) is 16.3. The molecule has 1 aromatic rings. The van der Waals surface area contributed by atoms with E-state index in [1.165, 1.54) is 0 Å². The van der Waals surface area contributed by atoms with Gasteiger partial charge in [-0.25, -0.2) is 4.79 Å². The van der Waals surface area contributed by atoms with Crippen LogP contribution in [0.15, 0.2) is 30.3 Å². The minimum Gasteiger partial charge on any atom is -0.463 e. The Morgan fingerprint density at radius 2 is 1.73 bits per heavy atom. The van der Waals surface area contributed by atoms with Crippen LogP contribution in [0, 0.1) is 11.3 Å². The smallest absolute Gasteiger partial charge is 0.328 e. The lowest BCUT2D eigenvalue weighted by molar-refractivity contribution is -0.162. The van der Waals surface area contributed by atoms with Gasteiger partial charge in [0.2, 0.25) is 5.91 Å². The number of hydrogen-bond donors (Lipinski definition) is 1. The molecule has 0 bridgehead atoms. The highest BCUT2D eigenvalue weighted by Gasteiger charge is 2.33. The Bertz CT molecular complexity index is 616. The van der Waals surface area contributed by atoms with E-state index in [0.717, 1.165) is 5.56 Å². The second-order valence-corrected chi connectivity index (χ2v) is 7.20. The molecule has 0 fully saturated rings. The Balaban J connectivity index is 2.64. The van der Waals surface area contributed by atoms with Gasteiger partial charge in [0.05, 0.1) is 11.8 Å². The molecule has 1 amide bonds. The zero-order chi connectivity index (χ0) is 19.7. The number of halogens is 1. The Morgan fingerprint density at radius 1 is 1.12 bits per heavy atom. The van der Waals surface area contributed by atoms with E-state index < -0.39 is 23.4 Å². The Hall–Kier alpha value is -2.08. The van der Waals surface area contributed by atoms with E-state index in [1.54, 1.807) is 13.8 Å². The van der Waals surface area contributed by atoms with Crippen molar-refractivity contribution >= 4 is 29.4 Å². The quantitative estimate of drug-likeness (QED) is 0.523. The fraction of sp³-hybridized carbons (Fsp3) is 0.526. The topological polar surface area (TPSA) is 81.7 Å². The number of amides is 1. The first-order valence-corrected chi connectivity index (χ1v) is 8.94. The Kier molecular flexibility index (Phi) is 8.58. The molecule has 0 aromatic heterocycles. The van der Waals surface area contributed by atoms with Crippen LogP contribution in [0.2, 0.25) is 0 Å². The summed E-state index contributed by atoms with van der Waals surface area (Å²) in [6, 6.07) is 8.18. The monoisotopic (exact) mass is 383 g/mol. The average molecular weight is 384 g/mol. The number of carbonyl (C=O) groups is 3. The molecule has 0 aliphatic carbocycles. The average Bonchev–Trinajstić information content (AvgIpc) is 2.58. The van der Waals surface area contributed by atoms with E-state index in [9.17, 15) is 14.4 Å². The number of alkyl halides is 1. The van der Waals surface area contributed by atoms with Crippen LogP contribution in [0.4, 0.5) is 0 Å². The third-order valence-electron chi connectivity index (χ3n) is 3.76. The molecule has 26 heavy (non-hydrogen) atoms. The van der Waals surface area contributed by atoms with Crippen molar-refractivity contribution < 1.29 is 23.9 Å². The number of hydrogen-bond acceptors (Lipinski definition) is 5. The largest absolute Gasteiger partial charge is 0.463 e. The molecule has 1 rings (SSSR count). The normalized spacial score (nSPS) is 12.4. The molecule has 144 valence electrons. The van der Waals surface area contributed by atoms with E-state index in [1.807, 2.05) is 44.2 Å². The predicted molar refractivity (Wildman–Crippen MR) is 98.5 cm³/mol. The van der Waals surface area contributed by atoms with Gasteiger partial charge in [-0.1, -0.05) is 55.8 Å². The SMILES string of the molecule is CC(C)[C@H](NC(=O)Cc1ccccc1)C(=O)OCC(C)(C)C(=O)OCCl. The van der Waals surface area contributed by atoms with Crippen LogP contribution in [0.25, 0.3) is 0 Å². The lowest BCUT2D eigenvalue weighted by Crippen LogP contribution is -2.47. The molecule has 0 aliphatic heterocycles. The summed E-state index contributed by atoms with van der Waals surface area (Å²) in [5.74, 6) is -1.59. The molecule has 7 heteroatoms. The van der Waals surface area contributed by atoms with Crippen LogP contribution in [-0.2, 0) is 30.3 Å². The van der Waals surface area contributed by atoms with Crippen molar-refractivity contribution in [3.05, 3.63) is 35.9 Å². The van der Waals surface area contributed by atoms with Gasteiger partial charge in [-0.05, 0) is 25.3 Å². The molecule has 1 N–H and O–H groups in total. The molecule has 0 saturated carbocycles. The summed E-state index contributed by atoms with van der Waals surface area (Å²) in [5, 5.41) is 2.70. The molecule has 6 nitrogen and oxygen atoms in total. The van der Waals surface area contributed by atoms with Gasteiger partial charge in [-0.15, -0.1) is 0 Å². The number of esters is 2. The summed E-state index contributed by atoms with van der Waals surface area (Å²) in [6.45, 7) is 6.63. The van der Waals surface area contributed by atoms with Gasteiger partial charge in [-0.3, -0.25) is 9.59 Å². The van der Waals surface area contributed by atoms with Crippen LogP contribution in [-0.4, -0.2) is 36.6 Å². The molecule has 0 saturated heterocycles. The van der Waals surface area contributed by atoms with Crippen molar-refractivity contribution in [2.24, 2.45) is 11.3 Å². The van der Waals surface area contributed by atoms with Crippen molar-refractivity contribution in [3.63, 3.8) is 0 Å². The zero-order valence-electron chi connectivity index (χ0n) is 15.6. The second-order valence-electron chi connectivity index (χ2n) is 6.98. The molecule has 1 atom stereocenters. The highest BCUT2D eigenvalue weighted by molar-refractivity contribution is 6.17. The van der Waals surface area contributed by atoms with E-state index in [2.05, 4.69) is 5.32 Å². The molecule has 1 aromatic carbocycles. The summed E-state index contributed by atoms with van der Waals surface area (Å²) in [5.41, 5.74) is -0.175. The van der Waals surface area contributed by atoms with Crippen molar-refractivity contribution in [1.82, 2.24) is 5.32 Å². The van der Waals surface area contributed by atoms with Crippen molar-refractivity contribution in [3.8, 4) is 0 Å². The summed E-state index contributed by atoms with van der Waals surface area (Å²) in [4.78, 5) is 36.4. The molecule has 0 heterocycles. The first-order valence-electron chi connectivity index (χ1n) is 8.40. The number of benzene rings is 1. The maximum Gasteiger partial charge on any atom is 0.328 e. The van der Waals surface area contributed by atoms with Crippen molar-refractivity contribution in [2.45, 2.75) is 40.2 Å². The number of rotatable bonds is 9. The van der Waals surface area contributed by atoms with Crippen molar-refractivity contribution in [2.75, 3.05) is 12.7 Å². The van der Waals surface area contributed by atoms with Crippen LogP contribution in [0.3, 0.4) is 0 Å². The van der Waals surface area contributed by atoms with E-state index in [4.69, 9.17) is 21.1 Å². The second kappa shape index (κ2) is 10.2. The fourth-order valence-electron chi connectivity index (χ4n) is 2.15. The number of nitrogens with one attached hydrogen (secondary N) is 1. The first-order chi connectivity index (χ1) is 12.2. The van der Waals surface area contributed by atoms with Crippen LogP contribution in [0.1, 0.15) is 33.3 Å². The van der Waals surface area contributed by atoms with E-state index >= 15 is 0 Å². The molecular formula is C19H26ClNO5. The van der Waals surface area contributed by atoms with E-state index in [-0.39, 0.29) is 30.9 Å². The third kappa shape index (κ3) is 7.04. The highest BCUT2D eigenvalue weighted by atomic mass is 35.5. The van der Waals surface area contributed by atoms with Crippen LogP contribution < -0.4 is 5.32 Å². The predicted octanol–water partition coefficient (Wildman–Crippen LogP) is 2.68. The number of carbonyl (C=O) groups excluding carboxylic acids is 3. The highest BCUT2D eigenvalue weighted by Crippen LogP contribution is 2.19. The lowest BCUT2D eigenvalue weighted by Gasteiger charge is -2.25. The van der Waals surface area contributed by atoms with Gasteiger partial charge in [0.15, 0.2) is 6.07 Å². The molecule has 0 spiro atoms. The minimum atomic E-state index is -1.03.